The summed E-state index contributed by atoms with van der Waals surface area (Å²) < 4.78 is 5.66. The average Bonchev–Trinajstić information content (AvgIpc) is 2.73. The molecule has 2 heterocycles. The second-order valence-electron chi connectivity index (χ2n) is 5.82. The molecule has 0 spiro atoms. The van der Waals surface area contributed by atoms with Crippen LogP contribution in [0.3, 0.4) is 0 Å². The molecular formula is C15H26N2O. The molecule has 0 aliphatic carbocycles. The fourth-order valence-electron chi connectivity index (χ4n) is 2.65. The van der Waals surface area contributed by atoms with Crippen molar-refractivity contribution in [2.45, 2.75) is 46.2 Å². The molecular weight excluding hydrogens is 224 g/mol. The largest absolute Gasteiger partial charge is 0.465 e. The molecule has 18 heavy (non-hydrogen) atoms. The molecule has 102 valence electrons. The smallest absolute Gasteiger partial charge is 0.118 e. The van der Waals surface area contributed by atoms with E-state index in [1.165, 1.54) is 25.9 Å². The summed E-state index contributed by atoms with van der Waals surface area (Å²) in [6.45, 7) is 10.9. The van der Waals surface area contributed by atoms with Gasteiger partial charge in [-0.3, -0.25) is 4.90 Å². The summed E-state index contributed by atoms with van der Waals surface area (Å²) in [5.41, 5.74) is 0. The molecule has 0 saturated carbocycles. The molecule has 0 amide bonds. The first-order valence-electron chi connectivity index (χ1n) is 7.14. The summed E-state index contributed by atoms with van der Waals surface area (Å²) in [6.07, 6.45) is 2.66. The van der Waals surface area contributed by atoms with Crippen molar-refractivity contribution in [2.24, 2.45) is 5.92 Å². The van der Waals surface area contributed by atoms with Gasteiger partial charge in [0.2, 0.25) is 0 Å². The van der Waals surface area contributed by atoms with E-state index in [9.17, 15) is 0 Å². The van der Waals surface area contributed by atoms with E-state index in [0.717, 1.165) is 30.5 Å². The van der Waals surface area contributed by atoms with Gasteiger partial charge in [-0.25, -0.2) is 0 Å². The minimum atomic E-state index is 0.591. The van der Waals surface area contributed by atoms with Crippen LogP contribution in [0.5, 0.6) is 0 Å². The van der Waals surface area contributed by atoms with Gasteiger partial charge in [0.05, 0.1) is 6.54 Å². The van der Waals surface area contributed by atoms with Crippen molar-refractivity contribution >= 4 is 0 Å². The van der Waals surface area contributed by atoms with E-state index in [1.54, 1.807) is 0 Å². The van der Waals surface area contributed by atoms with Gasteiger partial charge in [0, 0.05) is 12.6 Å². The molecule has 1 aromatic rings. The number of furan rings is 1. The van der Waals surface area contributed by atoms with Crippen LogP contribution in [-0.4, -0.2) is 30.6 Å². The van der Waals surface area contributed by atoms with Crippen LogP contribution in [0.25, 0.3) is 0 Å². The Kier molecular flexibility index (Phi) is 4.84. The molecule has 1 fully saturated rings. The zero-order valence-electron chi connectivity index (χ0n) is 11.9. The number of nitrogens with zero attached hydrogens (tertiary/aromatic N) is 1. The SMILES string of the molecule is Cc1ccc(CN2CCCC(CNC(C)C)C2)o1. The summed E-state index contributed by atoms with van der Waals surface area (Å²) >= 11 is 0. The third kappa shape index (κ3) is 4.14. The molecule has 1 aliphatic heterocycles. The van der Waals surface area contributed by atoms with Gasteiger partial charge in [-0.05, 0) is 50.9 Å². The Morgan fingerprint density at radius 1 is 1.44 bits per heavy atom. The van der Waals surface area contributed by atoms with Crippen molar-refractivity contribution in [3.63, 3.8) is 0 Å². The van der Waals surface area contributed by atoms with Crippen molar-refractivity contribution in [1.29, 1.82) is 0 Å². The summed E-state index contributed by atoms with van der Waals surface area (Å²) in [5, 5.41) is 3.55. The van der Waals surface area contributed by atoms with Gasteiger partial charge in [0.1, 0.15) is 11.5 Å². The Bertz CT molecular complexity index is 359. The molecule has 1 unspecified atom stereocenters. The van der Waals surface area contributed by atoms with Crippen LogP contribution >= 0.6 is 0 Å². The maximum atomic E-state index is 5.66. The van der Waals surface area contributed by atoms with Crippen molar-refractivity contribution in [3.05, 3.63) is 23.7 Å². The molecule has 1 saturated heterocycles. The summed E-state index contributed by atoms with van der Waals surface area (Å²) in [7, 11) is 0. The number of piperidine rings is 1. The third-order valence-electron chi connectivity index (χ3n) is 3.59. The molecule has 0 bridgehead atoms. The van der Waals surface area contributed by atoms with Crippen LogP contribution in [0, 0.1) is 12.8 Å². The van der Waals surface area contributed by atoms with Crippen LogP contribution in [0.1, 0.15) is 38.2 Å². The zero-order chi connectivity index (χ0) is 13.0. The van der Waals surface area contributed by atoms with Gasteiger partial charge in [-0.2, -0.15) is 0 Å². The molecule has 1 N–H and O–H groups in total. The highest BCUT2D eigenvalue weighted by molar-refractivity contribution is 5.05. The maximum Gasteiger partial charge on any atom is 0.118 e. The molecule has 1 atom stereocenters. The topological polar surface area (TPSA) is 28.4 Å². The average molecular weight is 250 g/mol. The predicted molar refractivity (Wildman–Crippen MR) is 74.6 cm³/mol. The first kappa shape index (κ1) is 13.6. The maximum absolute atomic E-state index is 5.66. The number of aryl methyl sites for hydroxylation is 1. The van der Waals surface area contributed by atoms with Gasteiger partial charge in [-0.15, -0.1) is 0 Å². The Morgan fingerprint density at radius 2 is 2.28 bits per heavy atom. The first-order chi connectivity index (χ1) is 8.63. The van der Waals surface area contributed by atoms with Gasteiger partial charge >= 0.3 is 0 Å². The second kappa shape index (κ2) is 6.39. The normalized spacial score (nSPS) is 21.7. The molecule has 1 aliphatic rings. The van der Waals surface area contributed by atoms with Crippen LogP contribution in [0.2, 0.25) is 0 Å². The van der Waals surface area contributed by atoms with Crippen molar-refractivity contribution in [1.82, 2.24) is 10.2 Å². The molecule has 3 nitrogen and oxygen atoms in total. The van der Waals surface area contributed by atoms with Crippen LogP contribution in [-0.2, 0) is 6.54 Å². The second-order valence-corrected chi connectivity index (χ2v) is 5.82. The highest BCUT2D eigenvalue weighted by atomic mass is 16.3. The number of hydrogen-bond acceptors (Lipinski definition) is 3. The van der Waals surface area contributed by atoms with E-state index in [4.69, 9.17) is 4.42 Å². The zero-order valence-corrected chi connectivity index (χ0v) is 11.9. The lowest BCUT2D eigenvalue weighted by Gasteiger charge is -2.32. The Hall–Kier alpha value is -0.800. The van der Waals surface area contributed by atoms with E-state index in [-0.39, 0.29) is 0 Å². The molecule has 0 aromatic carbocycles. The fourth-order valence-corrected chi connectivity index (χ4v) is 2.65. The van der Waals surface area contributed by atoms with Gasteiger partial charge < -0.3 is 9.73 Å². The third-order valence-corrected chi connectivity index (χ3v) is 3.59. The van der Waals surface area contributed by atoms with E-state index in [2.05, 4.69) is 36.2 Å². The number of rotatable bonds is 5. The van der Waals surface area contributed by atoms with E-state index in [1.807, 2.05) is 6.92 Å². The summed E-state index contributed by atoms with van der Waals surface area (Å²) in [4.78, 5) is 2.52. The highest BCUT2D eigenvalue weighted by Crippen LogP contribution is 2.19. The minimum Gasteiger partial charge on any atom is -0.465 e. The van der Waals surface area contributed by atoms with Gasteiger partial charge in [0.15, 0.2) is 0 Å². The fraction of sp³-hybridized carbons (Fsp3) is 0.733. The summed E-state index contributed by atoms with van der Waals surface area (Å²) in [5.74, 6) is 2.90. The first-order valence-corrected chi connectivity index (χ1v) is 7.14. The molecule has 2 rings (SSSR count). The molecule has 0 radical (unpaired) electrons. The van der Waals surface area contributed by atoms with Crippen molar-refractivity contribution < 1.29 is 4.42 Å². The van der Waals surface area contributed by atoms with Crippen molar-refractivity contribution in [3.8, 4) is 0 Å². The monoisotopic (exact) mass is 250 g/mol. The van der Waals surface area contributed by atoms with E-state index >= 15 is 0 Å². The Morgan fingerprint density at radius 3 is 2.94 bits per heavy atom. The van der Waals surface area contributed by atoms with Crippen LogP contribution < -0.4 is 5.32 Å². The van der Waals surface area contributed by atoms with Crippen LogP contribution in [0.15, 0.2) is 16.5 Å². The Labute approximate surface area is 111 Å². The number of nitrogens with one attached hydrogen (secondary N) is 1. The lowest BCUT2D eigenvalue weighted by Crippen LogP contribution is -2.40. The minimum absolute atomic E-state index is 0.591. The highest BCUT2D eigenvalue weighted by Gasteiger charge is 2.20. The van der Waals surface area contributed by atoms with Gasteiger partial charge in [0.25, 0.3) is 0 Å². The molecule has 1 aromatic heterocycles. The standard InChI is InChI=1S/C15H26N2O/c1-12(2)16-9-14-5-4-8-17(10-14)11-15-7-6-13(3)18-15/h6-7,12,14,16H,4-5,8-11H2,1-3H3. The molecule has 3 heteroatoms. The van der Waals surface area contributed by atoms with E-state index in [0.29, 0.717) is 6.04 Å². The van der Waals surface area contributed by atoms with Crippen LogP contribution in [0.4, 0.5) is 0 Å². The number of likely N-dealkylation sites (tertiary alicyclic amines) is 1. The predicted octanol–water partition coefficient (Wildman–Crippen LogP) is 2.80. The van der Waals surface area contributed by atoms with Gasteiger partial charge in [-0.1, -0.05) is 13.8 Å². The lowest BCUT2D eigenvalue weighted by molar-refractivity contribution is 0.153. The number of hydrogen-bond donors (Lipinski definition) is 1. The quantitative estimate of drug-likeness (QED) is 0.871. The van der Waals surface area contributed by atoms with Crippen molar-refractivity contribution in [2.75, 3.05) is 19.6 Å². The Balaban J connectivity index is 1.79. The van der Waals surface area contributed by atoms with E-state index < -0.39 is 0 Å². The lowest BCUT2D eigenvalue weighted by atomic mass is 9.97. The summed E-state index contributed by atoms with van der Waals surface area (Å²) in [6, 6.07) is 4.75.